The smallest absolute Gasteiger partial charge is 0.302 e. The van der Waals surface area contributed by atoms with Crippen molar-refractivity contribution in [2.24, 2.45) is 0 Å². The van der Waals surface area contributed by atoms with E-state index in [1.165, 1.54) is 0 Å². The topological polar surface area (TPSA) is 245 Å². The molecule has 0 bridgehead atoms. The molecule has 17 nitrogen and oxygen atoms in total. The third-order valence-electron chi connectivity index (χ3n) is 7.62. The van der Waals surface area contributed by atoms with E-state index in [1.54, 1.807) is 0 Å². The lowest BCUT2D eigenvalue weighted by molar-refractivity contribution is -0.144. The van der Waals surface area contributed by atoms with Gasteiger partial charge in [-0.1, -0.05) is 0 Å². The van der Waals surface area contributed by atoms with Gasteiger partial charge in [0, 0.05) is 98.2 Å². The summed E-state index contributed by atoms with van der Waals surface area (Å²) in [5.41, 5.74) is -0.538. The Morgan fingerprint density at radius 3 is 0.769 bits per heavy atom. The summed E-state index contributed by atoms with van der Waals surface area (Å²) in [6.07, 6.45) is 0. The minimum atomic E-state index is -0.828. The van der Waals surface area contributed by atoms with Gasteiger partial charge in [-0.2, -0.15) is 0 Å². The molecular formula is C35H38O17. The number of hydrogen-bond acceptors (Lipinski definition) is 17. The number of aromatic hydroxyl groups is 3. The quantitative estimate of drug-likeness (QED) is 0.122. The van der Waals surface area contributed by atoms with E-state index in [2.05, 4.69) is 0 Å². The largest absolute Gasteiger partial charge is 0.507 e. The summed E-state index contributed by atoms with van der Waals surface area (Å²) in [4.78, 5) is 84.3. The van der Waals surface area contributed by atoms with Crippen molar-refractivity contribution < 1.29 is 82.0 Å². The highest BCUT2D eigenvalue weighted by atomic mass is 16.6. The van der Waals surface area contributed by atoms with Gasteiger partial charge in [0.05, 0.1) is 10.8 Å². The highest BCUT2D eigenvalue weighted by molar-refractivity contribution is 6.16. The van der Waals surface area contributed by atoms with Crippen LogP contribution in [0.4, 0.5) is 0 Å². The van der Waals surface area contributed by atoms with E-state index in [0.29, 0.717) is 0 Å². The molecule has 0 radical (unpaired) electrons. The SMILES string of the molecule is CC(=O)OCc1c(COC(C)=O)c(COC(C)=O)c2c(COC(C)=O)c3c(COC(C)=O)c(COC(C)=O)c(COC(C)=O)c(O)c3c(O)c2c1O. The minimum Gasteiger partial charge on any atom is -0.507 e. The summed E-state index contributed by atoms with van der Waals surface area (Å²) in [5, 5.41) is 34.7. The molecule has 3 aromatic rings. The molecule has 52 heavy (non-hydrogen) atoms. The zero-order chi connectivity index (χ0) is 39.0. The monoisotopic (exact) mass is 730 g/mol. The van der Waals surface area contributed by atoms with Crippen molar-refractivity contribution in [3.63, 3.8) is 0 Å². The molecule has 0 fully saturated rings. The van der Waals surface area contributed by atoms with Crippen LogP contribution in [0.25, 0.3) is 21.5 Å². The number of esters is 7. The van der Waals surface area contributed by atoms with Gasteiger partial charge < -0.3 is 48.5 Å². The van der Waals surface area contributed by atoms with E-state index in [4.69, 9.17) is 33.2 Å². The molecule has 0 aromatic heterocycles. The second kappa shape index (κ2) is 17.2. The Kier molecular flexibility index (Phi) is 13.3. The van der Waals surface area contributed by atoms with E-state index >= 15 is 0 Å². The van der Waals surface area contributed by atoms with E-state index < -0.39 is 116 Å². The first-order chi connectivity index (χ1) is 24.4. The number of ether oxygens (including phenoxy) is 7. The lowest BCUT2D eigenvalue weighted by Gasteiger charge is -2.26. The Morgan fingerprint density at radius 1 is 0.308 bits per heavy atom. The molecule has 3 aromatic carbocycles. The van der Waals surface area contributed by atoms with Crippen LogP contribution in [0.3, 0.4) is 0 Å². The Labute approximate surface area is 296 Å². The molecule has 0 heterocycles. The molecule has 0 aliphatic rings. The van der Waals surface area contributed by atoms with Crippen LogP contribution in [0.5, 0.6) is 17.2 Å². The van der Waals surface area contributed by atoms with Crippen LogP contribution in [0, 0.1) is 0 Å². The first kappa shape index (κ1) is 40.3. The summed E-state index contributed by atoms with van der Waals surface area (Å²) in [7, 11) is 0. The van der Waals surface area contributed by atoms with Crippen LogP contribution in [0.15, 0.2) is 0 Å². The molecule has 17 heteroatoms. The minimum absolute atomic E-state index is 0.0193. The van der Waals surface area contributed by atoms with Crippen molar-refractivity contribution in [3.8, 4) is 17.2 Å². The maximum Gasteiger partial charge on any atom is 0.302 e. The van der Waals surface area contributed by atoms with E-state index in [-0.39, 0.29) is 49.7 Å². The van der Waals surface area contributed by atoms with Gasteiger partial charge in [0.1, 0.15) is 63.5 Å². The molecular weight excluding hydrogens is 692 g/mol. The summed E-state index contributed by atoms with van der Waals surface area (Å²) < 4.78 is 37.0. The average Bonchev–Trinajstić information content (AvgIpc) is 3.03. The Hall–Kier alpha value is -6.13. The normalized spacial score (nSPS) is 10.8. The molecule has 0 spiro atoms. The predicted molar refractivity (Wildman–Crippen MR) is 175 cm³/mol. The maximum atomic E-state index is 12.3. The number of benzene rings is 3. The van der Waals surface area contributed by atoms with Gasteiger partial charge in [0.25, 0.3) is 0 Å². The van der Waals surface area contributed by atoms with Crippen molar-refractivity contribution in [1.29, 1.82) is 0 Å². The molecule has 0 aliphatic heterocycles. The summed E-state index contributed by atoms with van der Waals surface area (Å²) in [6.45, 7) is 3.36. The number of carbonyl (C=O) groups is 7. The van der Waals surface area contributed by atoms with Gasteiger partial charge in [0.2, 0.25) is 0 Å². The highest BCUT2D eigenvalue weighted by Crippen LogP contribution is 2.52. The van der Waals surface area contributed by atoms with Gasteiger partial charge in [-0.3, -0.25) is 33.6 Å². The van der Waals surface area contributed by atoms with E-state index in [9.17, 15) is 48.9 Å². The third kappa shape index (κ3) is 9.35. The molecule has 0 unspecified atom stereocenters. The number of hydrogen-bond donors (Lipinski definition) is 3. The summed E-state index contributed by atoms with van der Waals surface area (Å²) in [5.74, 6) is -7.74. The van der Waals surface area contributed by atoms with Crippen LogP contribution >= 0.6 is 0 Å². The van der Waals surface area contributed by atoms with Crippen molar-refractivity contribution in [2.75, 3.05) is 0 Å². The van der Waals surface area contributed by atoms with Crippen LogP contribution in [-0.2, 0) is 113 Å². The van der Waals surface area contributed by atoms with Crippen molar-refractivity contribution in [3.05, 3.63) is 38.9 Å². The molecule has 280 valence electrons. The summed E-state index contributed by atoms with van der Waals surface area (Å²) in [6, 6.07) is 0. The highest BCUT2D eigenvalue weighted by Gasteiger charge is 2.33. The number of carbonyl (C=O) groups excluding carboxylic acids is 7. The molecule has 0 atom stereocenters. The standard InChI is InChI=1S/C35H38O17/c1-15(36)46-8-22-24(10-48-17(3)38)29-28(14-52-21(7)42)30-25(11-49-18(4)39)23(9-47-16(2)37)27(13-51-20(6)41)34(44)32(30)35(45)31(29)33(43)26(22)12-50-19(5)40/h43-45H,8-14H2,1-7H3. The predicted octanol–water partition coefficient (Wildman–Crippen LogP) is 3.55. The van der Waals surface area contributed by atoms with Crippen LogP contribution in [-0.4, -0.2) is 57.1 Å². The fraction of sp³-hybridized carbons (Fsp3) is 0.400. The van der Waals surface area contributed by atoms with Crippen LogP contribution < -0.4 is 0 Å². The Morgan fingerprint density at radius 2 is 0.519 bits per heavy atom. The second-order valence-electron chi connectivity index (χ2n) is 11.4. The van der Waals surface area contributed by atoms with E-state index in [1.807, 2.05) is 0 Å². The van der Waals surface area contributed by atoms with Crippen LogP contribution in [0.1, 0.15) is 87.4 Å². The van der Waals surface area contributed by atoms with Gasteiger partial charge >= 0.3 is 41.8 Å². The number of rotatable bonds is 14. The molecule has 0 amide bonds. The van der Waals surface area contributed by atoms with Crippen molar-refractivity contribution in [1.82, 2.24) is 0 Å². The summed E-state index contributed by atoms with van der Waals surface area (Å²) >= 11 is 0. The first-order valence-corrected chi connectivity index (χ1v) is 15.5. The van der Waals surface area contributed by atoms with Gasteiger partial charge in [-0.25, -0.2) is 0 Å². The van der Waals surface area contributed by atoms with E-state index in [0.717, 1.165) is 48.5 Å². The average molecular weight is 731 g/mol. The first-order valence-electron chi connectivity index (χ1n) is 15.5. The number of phenols is 3. The lowest BCUT2D eigenvalue weighted by atomic mass is 9.83. The zero-order valence-corrected chi connectivity index (χ0v) is 29.5. The van der Waals surface area contributed by atoms with Crippen molar-refractivity contribution in [2.45, 2.75) is 94.7 Å². The van der Waals surface area contributed by atoms with Gasteiger partial charge in [0.15, 0.2) is 0 Å². The van der Waals surface area contributed by atoms with Crippen LogP contribution in [0.2, 0.25) is 0 Å². The molecule has 3 rings (SSSR count). The molecule has 0 saturated heterocycles. The van der Waals surface area contributed by atoms with Crippen molar-refractivity contribution >= 4 is 63.3 Å². The number of fused-ring (bicyclic) bond motifs is 2. The fourth-order valence-electron chi connectivity index (χ4n) is 5.51. The fourth-order valence-corrected chi connectivity index (χ4v) is 5.51. The zero-order valence-electron chi connectivity index (χ0n) is 29.5. The molecule has 3 N–H and O–H groups in total. The second-order valence-corrected chi connectivity index (χ2v) is 11.4. The van der Waals surface area contributed by atoms with Gasteiger partial charge in [-0.05, 0) is 0 Å². The number of phenolic OH excluding ortho intramolecular Hbond substituents is 3. The third-order valence-corrected chi connectivity index (χ3v) is 7.62. The Bertz CT molecular complexity index is 1850. The molecule has 0 aliphatic carbocycles. The maximum absolute atomic E-state index is 12.3. The lowest BCUT2D eigenvalue weighted by Crippen LogP contribution is -2.15. The molecule has 0 saturated carbocycles. The van der Waals surface area contributed by atoms with Gasteiger partial charge in [-0.15, -0.1) is 0 Å². The Balaban J connectivity index is 2.84.